The Kier molecular flexibility index (Phi) is 5.12. The van der Waals surface area contributed by atoms with E-state index in [1.54, 1.807) is 11.8 Å². The van der Waals surface area contributed by atoms with Crippen molar-refractivity contribution in [2.75, 3.05) is 13.1 Å². The Bertz CT molecular complexity index is 579. The molecule has 2 rings (SSSR count). The average Bonchev–Trinajstić information content (AvgIpc) is 2.90. The van der Waals surface area contributed by atoms with Gasteiger partial charge in [0.15, 0.2) is 0 Å². The SMILES string of the molecule is CC(C)Cc1ccc([C@H](C)C(=O)N2CCC(C)(C(=O)O)C2)cc1. The van der Waals surface area contributed by atoms with Gasteiger partial charge in [0.2, 0.25) is 5.91 Å². The molecule has 2 atom stereocenters. The number of aliphatic carboxylic acids is 1. The maximum atomic E-state index is 12.7. The average molecular weight is 317 g/mol. The molecule has 1 aromatic carbocycles. The van der Waals surface area contributed by atoms with Crippen molar-refractivity contribution >= 4 is 11.9 Å². The zero-order valence-corrected chi connectivity index (χ0v) is 14.5. The van der Waals surface area contributed by atoms with E-state index in [9.17, 15) is 14.7 Å². The predicted octanol–water partition coefficient (Wildman–Crippen LogP) is 3.31. The summed E-state index contributed by atoms with van der Waals surface area (Å²) >= 11 is 0. The zero-order valence-electron chi connectivity index (χ0n) is 14.5. The maximum absolute atomic E-state index is 12.7. The molecule has 1 saturated heterocycles. The van der Waals surface area contributed by atoms with Crippen molar-refractivity contribution in [2.45, 2.75) is 46.5 Å². The van der Waals surface area contributed by atoms with Crippen LogP contribution in [0.2, 0.25) is 0 Å². The summed E-state index contributed by atoms with van der Waals surface area (Å²) in [5.74, 6) is -0.428. The van der Waals surface area contributed by atoms with E-state index in [-0.39, 0.29) is 11.8 Å². The van der Waals surface area contributed by atoms with Crippen molar-refractivity contribution in [3.8, 4) is 0 Å². The van der Waals surface area contributed by atoms with E-state index in [1.165, 1.54) is 5.56 Å². The molecule has 1 N–H and O–H groups in total. The second-order valence-electron chi connectivity index (χ2n) is 7.44. The molecule has 0 aromatic heterocycles. The minimum Gasteiger partial charge on any atom is -0.481 e. The molecule has 0 bridgehead atoms. The summed E-state index contributed by atoms with van der Waals surface area (Å²) in [6.07, 6.45) is 1.56. The van der Waals surface area contributed by atoms with E-state index in [4.69, 9.17) is 0 Å². The first-order valence-electron chi connectivity index (χ1n) is 8.34. The molecular formula is C19H27NO3. The van der Waals surface area contributed by atoms with Gasteiger partial charge in [-0.1, -0.05) is 38.1 Å². The Balaban J connectivity index is 2.04. The van der Waals surface area contributed by atoms with E-state index in [0.717, 1.165) is 12.0 Å². The van der Waals surface area contributed by atoms with Crippen LogP contribution in [0.3, 0.4) is 0 Å². The molecule has 4 heteroatoms. The number of carbonyl (C=O) groups excluding carboxylic acids is 1. The quantitative estimate of drug-likeness (QED) is 0.906. The third-order valence-electron chi connectivity index (χ3n) is 4.80. The van der Waals surface area contributed by atoms with Gasteiger partial charge in [-0.05, 0) is 43.7 Å². The molecule has 0 spiro atoms. The molecule has 1 aromatic rings. The Morgan fingerprint density at radius 3 is 2.30 bits per heavy atom. The molecule has 23 heavy (non-hydrogen) atoms. The number of carboxylic acids is 1. The van der Waals surface area contributed by atoms with Crippen LogP contribution in [0.5, 0.6) is 0 Å². The third kappa shape index (κ3) is 3.92. The summed E-state index contributed by atoms with van der Waals surface area (Å²) in [6.45, 7) is 8.82. The lowest BCUT2D eigenvalue weighted by Gasteiger charge is -2.23. The minimum atomic E-state index is -0.821. The van der Waals surface area contributed by atoms with Crippen LogP contribution in [0.25, 0.3) is 0 Å². The summed E-state index contributed by atoms with van der Waals surface area (Å²) in [4.78, 5) is 25.7. The standard InChI is InChI=1S/C19H27NO3/c1-13(2)11-15-5-7-16(8-6-15)14(3)17(21)20-10-9-19(4,12-20)18(22)23/h5-8,13-14H,9-12H2,1-4H3,(H,22,23)/t14-,19?/m0/s1. The van der Waals surface area contributed by atoms with Crippen molar-refractivity contribution in [3.05, 3.63) is 35.4 Å². The van der Waals surface area contributed by atoms with Crippen LogP contribution >= 0.6 is 0 Å². The molecule has 4 nitrogen and oxygen atoms in total. The largest absolute Gasteiger partial charge is 0.481 e. The molecule has 0 aliphatic carbocycles. The summed E-state index contributed by atoms with van der Waals surface area (Å²) in [7, 11) is 0. The number of benzene rings is 1. The second-order valence-corrected chi connectivity index (χ2v) is 7.44. The summed E-state index contributed by atoms with van der Waals surface area (Å²) in [6, 6.07) is 8.22. The van der Waals surface area contributed by atoms with Crippen molar-refractivity contribution in [1.82, 2.24) is 4.90 Å². The van der Waals surface area contributed by atoms with E-state index >= 15 is 0 Å². The number of likely N-dealkylation sites (tertiary alicyclic amines) is 1. The van der Waals surface area contributed by atoms with E-state index in [0.29, 0.717) is 25.4 Å². The summed E-state index contributed by atoms with van der Waals surface area (Å²) < 4.78 is 0. The Labute approximate surface area is 138 Å². The van der Waals surface area contributed by atoms with Gasteiger partial charge in [0, 0.05) is 13.1 Å². The molecular weight excluding hydrogens is 290 g/mol. The van der Waals surface area contributed by atoms with Gasteiger partial charge >= 0.3 is 5.97 Å². The number of hydrogen-bond donors (Lipinski definition) is 1. The first-order valence-corrected chi connectivity index (χ1v) is 8.34. The van der Waals surface area contributed by atoms with Gasteiger partial charge in [-0.15, -0.1) is 0 Å². The third-order valence-corrected chi connectivity index (χ3v) is 4.80. The number of nitrogens with zero attached hydrogens (tertiary/aromatic N) is 1. The van der Waals surface area contributed by atoms with Gasteiger partial charge in [0.25, 0.3) is 0 Å². The number of rotatable bonds is 5. The Morgan fingerprint density at radius 2 is 1.83 bits per heavy atom. The van der Waals surface area contributed by atoms with Crippen molar-refractivity contribution in [3.63, 3.8) is 0 Å². The molecule has 1 heterocycles. The zero-order chi connectivity index (χ0) is 17.2. The lowest BCUT2D eigenvalue weighted by molar-refractivity contribution is -0.147. The van der Waals surface area contributed by atoms with Gasteiger partial charge < -0.3 is 10.0 Å². The fourth-order valence-electron chi connectivity index (χ4n) is 3.15. The normalized spacial score (nSPS) is 22.4. The lowest BCUT2D eigenvalue weighted by atomic mass is 9.90. The van der Waals surface area contributed by atoms with Crippen LogP contribution in [-0.4, -0.2) is 35.0 Å². The highest BCUT2D eigenvalue weighted by molar-refractivity contribution is 5.85. The molecule has 0 saturated carbocycles. The van der Waals surface area contributed by atoms with Gasteiger partial charge in [-0.25, -0.2) is 0 Å². The number of carbonyl (C=O) groups is 2. The molecule has 1 aliphatic rings. The smallest absolute Gasteiger partial charge is 0.311 e. The highest BCUT2D eigenvalue weighted by atomic mass is 16.4. The topological polar surface area (TPSA) is 57.6 Å². The minimum absolute atomic E-state index is 0.0200. The highest BCUT2D eigenvalue weighted by Crippen LogP contribution is 2.32. The fourth-order valence-corrected chi connectivity index (χ4v) is 3.15. The van der Waals surface area contributed by atoms with Crippen LogP contribution in [0, 0.1) is 11.3 Å². The number of amides is 1. The van der Waals surface area contributed by atoms with Gasteiger partial charge in [-0.2, -0.15) is 0 Å². The van der Waals surface area contributed by atoms with E-state index in [2.05, 4.69) is 26.0 Å². The fraction of sp³-hybridized carbons (Fsp3) is 0.579. The monoisotopic (exact) mass is 317 g/mol. The first-order chi connectivity index (χ1) is 10.7. The Morgan fingerprint density at radius 1 is 1.22 bits per heavy atom. The van der Waals surface area contributed by atoms with Crippen molar-refractivity contribution < 1.29 is 14.7 Å². The number of hydrogen-bond acceptors (Lipinski definition) is 2. The molecule has 0 radical (unpaired) electrons. The summed E-state index contributed by atoms with van der Waals surface area (Å²) in [5.41, 5.74) is 1.46. The number of carboxylic acid groups (broad SMARTS) is 1. The van der Waals surface area contributed by atoms with Crippen molar-refractivity contribution in [2.24, 2.45) is 11.3 Å². The van der Waals surface area contributed by atoms with Gasteiger partial charge in [0.1, 0.15) is 0 Å². The van der Waals surface area contributed by atoms with Gasteiger partial charge in [-0.3, -0.25) is 9.59 Å². The molecule has 1 unspecified atom stereocenters. The maximum Gasteiger partial charge on any atom is 0.311 e. The van der Waals surface area contributed by atoms with E-state index in [1.807, 2.05) is 19.1 Å². The molecule has 1 fully saturated rings. The highest BCUT2D eigenvalue weighted by Gasteiger charge is 2.42. The second kappa shape index (κ2) is 6.73. The lowest BCUT2D eigenvalue weighted by Crippen LogP contribution is -2.36. The van der Waals surface area contributed by atoms with Crippen LogP contribution in [0.15, 0.2) is 24.3 Å². The van der Waals surface area contributed by atoms with Crippen LogP contribution in [0.1, 0.15) is 51.2 Å². The molecule has 1 aliphatic heterocycles. The van der Waals surface area contributed by atoms with Crippen LogP contribution in [-0.2, 0) is 16.0 Å². The van der Waals surface area contributed by atoms with Crippen LogP contribution < -0.4 is 0 Å². The van der Waals surface area contributed by atoms with Gasteiger partial charge in [0.05, 0.1) is 11.3 Å². The van der Waals surface area contributed by atoms with Crippen molar-refractivity contribution in [1.29, 1.82) is 0 Å². The van der Waals surface area contributed by atoms with E-state index < -0.39 is 11.4 Å². The summed E-state index contributed by atoms with van der Waals surface area (Å²) in [5, 5.41) is 9.29. The predicted molar refractivity (Wildman–Crippen MR) is 90.3 cm³/mol. The first kappa shape index (κ1) is 17.5. The van der Waals surface area contributed by atoms with Crippen LogP contribution in [0.4, 0.5) is 0 Å². The Hall–Kier alpha value is -1.84. The molecule has 1 amide bonds. The molecule has 126 valence electrons.